The van der Waals surface area contributed by atoms with E-state index >= 15 is 0 Å². The second-order valence-electron chi connectivity index (χ2n) is 6.24. The molecule has 24 heavy (non-hydrogen) atoms. The van der Waals surface area contributed by atoms with Gasteiger partial charge in [-0.05, 0) is 25.0 Å². The first-order chi connectivity index (χ1) is 11.1. The Morgan fingerprint density at radius 1 is 1.17 bits per heavy atom. The van der Waals surface area contributed by atoms with Crippen molar-refractivity contribution in [2.75, 3.05) is 17.6 Å². The summed E-state index contributed by atoms with van der Waals surface area (Å²) in [6.45, 7) is -0.279. The summed E-state index contributed by atoms with van der Waals surface area (Å²) in [7, 11) is 0. The first-order valence-corrected chi connectivity index (χ1v) is 7.71. The van der Waals surface area contributed by atoms with E-state index in [1.165, 1.54) is 0 Å². The maximum absolute atomic E-state index is 12.5. The Labute approximate surface area is 144 Å². The van der Waals surface area contributed by atoms with Crippen LogP contribution >= 0.6 is 12.4 Å². The summed E-state index contributed by atoms with van der Waals surface area (Å²) >= 11 is 0. The van der Waals surface area contributed by atoms with Crippen molar-refractivity contribution >= 4 is 41.5 Å². The number of nitrogens with two attached hydrogens (primary N) is 1. The smallest absolute Gasteiger partial charge is 0.244 e. The molecule has 0 aliphatic carbocycles. The van der Waals surface area contributed by atoms with E-state index in [0.717, 1.165) is 17.7 Å². The van der Waals surface area contributed by atoms with Gasteiger partial charge in [0.1, 0.15) is 6.54 Å². The number of likely N-dealkylation sites (tertiary alicyclic amines) is 1. The Hall–Kier alpha value is -2.12. The van der Waals surface area contributed by atoms with Gasteiger partial charge in [-0.25, -0.2) is 0 Å². The van der Waals surface area contributed by atoms with Gasteiger partial charge >= 0.3 is 0 Å². The molecule has 0 aromatic heterocycles. The van der Waals surface area contributed by atoms with Crippen LogP contribution in [0, 0.1) is 11.8 Å². The lowest BCUT2D eigenvalue weighted by Crippen LogP contribution is -2.40. The highest BCUT2D eigenvalue weighted by Crippen LogP contribution is 2.48. The van der Waals surface area contributed by atoms with E-state index in [1.807, 2.05) is 0 Å². The fraction of sp³-hybridized carbons (Fsp3) is 0.438. The van der Waals surface area contributed by atoms with Crippen LogP contribution in [0.2, 0.25) is 0 Å². The number of hydrogen-bond donors (Lipinski definition) is 2. The molecule has 2 bridgehead atoms. The number of amides is 3. The van der Waals surface area contributed by atoms with Crippen molar-refractivity contribution in [3.05, 3.63) is 24.3 Å². The Morgan fingerprint density at radius 2 is 1.75 bits per heavy atom. The molecule has 128 valence electrons. The van der Waals surface area contributed by atoms with Crippen LogP contribution in [0.25, 0.3) is 0 Å². The lowest BCUT2D eigenvalue weighted by Gasteiger charge is -2.17. The summed E-state index contributed by atoms with van der Waals surface area (Å²) in [6.07, 6.45) is 1.29. The van der Waals surface area contributed by atoms with Crippen molar-refractivity contribution in [2.45, 2.75) is 25.0 Å². The van der Waals surface area contributed by atoms with Crippen molar-refractivity contribution in [3.63, 3.8) is 0 Å². The van der Waals surface area contributed by atoms with E-state index in [1.54, 1.807) is 24.3 Å². The largest absolute Gasteiger partial charge is 0.397 e. The fourth-order valence-electron chi connectivity index (χ4n) is 3.87. The molecular weight excluding hydrogens is 334 g/mol. The number of imide groups is 1. The van der Waals surface area contributed by atoms with Gasteiger partial charge in [-0.3, -0.25) is 19.3 Å². The molecule has 4 rings (SSSR count). The Balaban J connectivity index is 0.00000169. The summed E-state index contributed by atoms with van der Waals surface area (Å²) in [4.78, 5) is 38.2. The lowest BCUT2D eigenvalue weighted by atomic mass is 9.81. The molecule has 4 atom stereocenters. The molecule has 1 aromatic rings. The van der Waals surface area contributed by atoms with Gasteiger partial charge in [0.15, 0.2) is 0 Å². The Morgan fingerprint density at radius 3 is 2.33 bits per heavy atom. The van der Waals surface area contributed by atoms with Crippen molar-refractivity contribution < 1.29 is 19.1 Å². The van der Waals surface area contributed by atoms with Crippen molar-refractivity contribution in [3.8, 4) is 0 Å². The zero-order chi connectivity index (χ0) is 16.1. The monoisotopic (exact) mass is 351 g/mol. The van der Waals surface area contributed by atoms with Crippen LogP contribution in [0.3, 0.4) is 0 Å². The summed E-state index contributed by atoms with van der Waals surface area (Å²) < 4.78 is 5.66. The summed E-state index contributed by atoms with van der Waals surface area (Å²) in [6, 6.07) is 6.85. The average molecular weight is 352 g/mol. The number of hydrogen-bond acceptors (Lipinski definition) is 5. The molecule has 8 heteroatoms. The molecule has 0 spiro atoms. The van der Waals surface area contributed by atoms with Crippen LogP contribution in [0.1, 0.15) is 12.8 Å². The number of fused-ring (bicyclic) bond motifs is 5. The number of nitrogens with one attached hydrogen (secondary N) is 1. The molecule has 3 saturated heterocycles. The predicted octanol–water partition coefficient (Wildman–Crippen LogP) is 0.791. The molecule has 7 nitrogen and oxygen atoms in total. The maximum Gasteiger partial charge on any atom is 0.244 e. The minimum Gasteiger partial charge on any atom is -0.397 e. The van der Waals surface area contributed by atoms with E-state index < -0.39 is 17.7 Å². The number of halogens is 1. The maximum atomic E-state index is 12.5. The van der Waals surface area contributed by atoms with Gasteiger partial charge in [-0.2, -0.15) is 0 Å². The molecule has 1 aromatic carbocycles. The third-order valence-corrected chi connectivity index (χ3v) is 4.91. The second kappa shape index (κ2) is 6.07. The molecule has 3 aliphatic rings. The van der Waals surface area contributed by atoms with E-state index in [0.29, 0.717) is 11.4 Å². The number of ether oxygens (including phenoxy) is 1. The zero-order valence-corrected chi connectivity index (χ0v) is 13.6. The van der Waals surface area contributed by atoms with Crippen LogP contribution in [0.4, 0.5) is 11.4 Å². The van der Waals surface area contributed by atoms with Gasteiger partial charge in [0.2, 0.25) is 17.7 Å². The topological polar surface area (TPSA) is 102 Å². The van der Waals surface area contributed by atoms with E-state index in [2.05, 4.69) is 5.32 Å². The van der Waals surface area contributed by atoms with Crippen LogP contribution in [-0.4, -0.2) is 41.4 Å². The number of anilines is 2. The third-order valence-electron chi connectivity index (χ3n) is 4.91. The first kappa shape index (κ1) is 16.7. The highest BCUT2D eigenvalue weighted by Gasteiger charge is 2.62. The number of nitrogens with zero attached hydrogens (tertiary/aromatic N) is 1. The third kappa shape index (κ3) is 2.44. The van der Waals surface area contributed by atoms with Gasteiger partial charge in [0.25, 0.3) is 0 Å². The number of para-hydroxylation sites is 2. The molecule has 4 unspecified atom stereocenters. The lowest BCUT2D eigenvalue weighted by molar-refractivity contribution is -0.145. The minimum atomic E-state index is -0.433. The predicted molar refractivity (Wildman–Crippen MR) is 88.3 cm³/mol. The van der Waals surface area contributed by atoms with Gasteiger partial charge in [-0.15, -0.1) is 12.4 Å². The van der Waals surface area contributed by atoms with Gasteiger partial charge < -0.3 is 15.8 Å². The van der Waals surface area contributed by atoms with Crippen LogP contribution in [-0.2, 0) is 19.1 Å². The fourth-order valence-corrected chi connectivity index (χ4v) is 3.87. The normalized spacial score (nSPS) is 30.2. The number of benzene rings is 1. The summed E-state index contributed by atoms with van der Waals surface area (Å²) in [5.74, 6) is -1.82. The number of rotatable bonds is 3. The highest BCUT2D eigenvalue weighted by molar-refractivity contribution is 6.09. The molecule has 3 amide bonds. The molecule has 3 N–H and O–H groups in total. The van der Waals surface area contributed by atoms with Gasteiger partial charge in [0.05, 0.1) is 35.4 Å². The quantitative estimate of drug-likeness (QED) is 0.619. The molecule has 3 fully saturated rings. The molecule has 0 saturated carbocycles. The Kier molecular flexibility index (Phi) is 4.23. The second-order valence-corrected chi connectivity index (χ2v) is 6.24. The highest BCUT2D eigenvalue weighted by atomic mass is 35.5. The zero-order valence-electron chi connectivity index (χ0n) is 12.8. The van der Waals surface area contributed by atoms with Crippen LogP contribution < -0.4 is 11.1 Å². The molecule has 3 aliphatic heterocycles. The Bertz CT molecular complexity index is 682. The van der Waals surface area contributed by atoms with Crippen LogP contribution in [0.5, 0.6) is 0 Å². The van der Waals surface area contributed by atoms with Gasteiger partial charge in [0, 0.05) is 0 Å². The summed E-state index contributed by atoms with van der Waals surface area (Å²) in [5, 5.41) is 2.64. The number of carbonyl (C=O) groups excluding carboxylic acids is 3. The molecular formula is C16H18ClN3O4. The average Bonchev–Trinajstić information content (AvgIpc) is 3.19. The first-order valence-electron chi connectivity index (χ1n) is 7.71. The van der Waals surface area contributed by atoms with Crippen molar-refractivity contribution in [1.82, 2.24) is 4.90 Å². The number of nitrogen functional groups attached to an aromatic ring is 1. The summed E-state index contributed by atoms with van der Waals surface area (Å²) in [5.41, 5.74) is 6.68. The molecule has 3 heterocycles. The molecule has 0 radical (unpaired) electrons. The van der Waals surface area contributed by atoms with Crippen molar-refractivity contribution in [1.29, 1.82) is 0 Å². The van der Waals surface area contributed by atoms with E-state index in [-0.39, 0.29) is 43.0 Å². The van der Waals surface area contributed by atoms with E-state index in [4.69, 9.17) is 10.5 Å². The minimum absolute atomic E-state index is 0. The van der Waals surface area contributed by atoms with E-state index in [9.17, 15) is 14.4 Å². The SMILES string of the molecule is Cl.Nc1ccccc1NC(=O)CN1C(=O)C2C3CCC(O3)C2C1=O. The number of carbonyl (C=O) groups is 3. The standard InChI is InChI=1S/C16H17N3O4.ClH/c17-8-3-1-2-4-9(8)18-12(20)7-19-15(21)13-10-5-6-11(23-10)14(13)16(19)22;/h1-4,10-11,13-14H,5-7,17H2,(H,18,20);1H. The van der Waals surface area contributed by atoms with Crippen LogP contribution in [0.15, 0.2) is 24.3 Å². The van der Waals surface area contributed by atoms with Crippen molar-refractivity contribution in [2.24, 2.45) is 11.8 Å². The van der Waals surface area contributed by atoms with Gasteiger partial charge in [-0.1, -0.05) is 12.1 Å².